The van der Waals surface area contributed by atoms with Gasteiger partial charge in [-0.3, -0.25) is 0 Å². The van der Waals surface area contributed by atoms with E-state index in [2.05, 4.69) is 145 Å². The van der Waals surface area contributed by atoms with E-state index >= 15 is 0 Å². The molecule has 0 amide bonds. The van der Waals surface area contributed by atoms with Crippen LogP contribution >= 0.6 is 11.3 Å². The minimum atomic E-state index is -1.72. The van der Waals surface area contributed by atoms with Gasteiger partial charge in [0.15, 0.2) is 0 Å². The fraction of sp³-hybridized carbons (Fsp3) is 0.190. The van der Waals surface area contributed by atoms with Gasteiger partial charge in [-0.05, 0) is 50.9 Å². The average Bonchev–Trinajstić information content (AvgIpc) is 3.46. The van der Waals surface area contributed by atoms with E-state index in [9.17, 15) is 0 Å². The number of nitrogens with zero attached hydrogens (tertiary/aromatic N) is 2. The third kappa shape index (κ3) is 8.19. The molecule has 5 heteroatoms. The first-order valence-electron chi connectivity index (χ1n) is 16.0. The smallest absolute Gasteiger partial charge is 0 e. The van der Waals surface area contributed by atoms with Gasteiger partial charge in [-0.2, -0.15) is 11.3 Å². The summed E-state index contributed by atoms with van der Waals surface area (Å²) < 4.78 is 4.03. The summed E-state index contributed by atoms with van der Waals surface area (Å²) in [7, 11) is 0. The van der Waals surface area contributed by atoms with Gasteiger partial charge >= 0.3 is 99.8 Å². The number of thiophene rings is 1. The molecule has 1 unspecified atom stereocenters. The van der Waals surface area contributed by atoms with Crippen LogP contribution in [0.4, 0.5) is 0 Å². The maximum atomic E-state index is 4.65. The van der Waals surface area contributed by atoms with Crippen molar-refractivity contribution in [2.24, 2.45) is 5.92 Å². The Bertz CT molecular complexity index is 2060. The van der Waals surface area contributed by atoms with Gasteiger partial charge in [-0.1, -0.05) is 80.3 Å². The van der Waals surface area contributed by atoms with Gasteiger partial charge in [0, 0.05) is 31.0 Å². The second-order valence-electron chi connectivity index (χ2n) is 13.3. The molecule has 0 saturated carbocycles. The molecule has 0 aliphatic carbocycles. The molecule has 0 aliphatic rings. The fourth-order valence-electron chi connectivity index (χ4n) is 5.49. The Labute approximate surface area is 300 Å². The minimum absolute atomic E-state index is 0. The van der Waals surface area contributed by atoms with Crippen LogP contribution in [0.3, 0.4) is 0 Å². The normalized spacial score (nSPS) is 12.0. The molecule has 1 radical (unpaired) electrons. The van der Waals surface area contributed by atoms with Crippen LogP contribution in [0.1, 0.15) is 32.3 Å². The quantitative estimate of drug-likeness (QED) is 0.123. The van der Waals surface area contributed by atoms with Crippen LogP contribution in [0, 0.1) is 18.1 Å². The van der Waals surface area contributed by atoms with Crippen LogP contribution in [0.5, 0.6) is 0 Å². The zero-order valence-corrected chi connectivity index (χ0v) is 33.1. The van der Waals surface area contributed by atoms with E-state index < -0.39 is 13.3 Å². The summed E-state index contributed by atoms with van der Waals surface area (Å²) in [5.74, 6) is 8.25. The summed E-state index contributed by atoms with van der Waals surface area (Å²) >= 11 is 0.119. The first kappa shape index (κ1) is 34.9. The molecular weight excluding hydrogens is 829 g/mol. The summed E-state index contributed by atoms with van der Waals surface area (Å²) in [6.45, 7) is 6.82. The minimum Gasteiger partial charge on any atom is 0 e. The van der Waals surface area contributed by atoms with Gasteiger partial charge in [0.2, 0.25) is 0 Å². The number of hydrogen-bond donors (Lipinski definition) is 0. The van der Waals surface area contributed by atoms with E-state index in [4.69, 9.17) is 0 Å². The molecule has 1 atom stereocenters. The molecule has 0 saturated heterocycles. The molecular formula is C42H40GeIrN2S-2. The zero-order valence-electron chi connectivity index (χ0n) is 27.8. The van der Waals surface area contributed by atoms with Crippen molar-refractivity contribution in [2.75, 3.05) is 0 Å². The molecule has 3 aromatic heterocycles. The van der Waals surface area contributed by atoms with E-state index in [0.717, 1.165) is 22.5 Å². The van der Waals surface area contributed by atoms with E-state index in [0.29, 0.717) is 11.8 Å². The third-order valence-electron chi connectivity index (χ3n) is 8.71. The molecule has 0 fully saturated rings. The maximum Gasteiger partial charge on any atom is 0 e. The first-order chi connectivity index (χ1) is 22.2. The molecule has 3 heterocycles. The van der Waals surface area contributed by atoms with Gasteiger partial charge in [0.1, 0.15) is 0 Å². The number of hydrogen-bond acceptors (Lipinski definition) is 3. The second kappa shape index (κ2) is 15.2. The Morgan fingerprint density at radius 2 is 1.45 bits per heavy atom. The van der Waals surface area contributed by atoms with Crippen molar-refractivity contribution < 1.29 is 20.1 Å². The Morgan fingerprint density at radius 1 is 0.660 bits per heavy atom. The maximum absolute atomic E-state index is 4.65. The molecule has 0 spiro atoms. The van der Waals surface area contributed by atoms with Crippen molar-refractivity contribution >= 4 is 49.2 Å². The molecule has 0 aliphatic heterocycles. The summed E-state index contributed by atoms with van der Waals surface area (Å²) in [6, 6.07) is 45.1. The van der Waals surface area contributed by atoms with Crippen LogP contribution in [-0.4, -0.2) is 23.2 Å². The van der Waals surface area contributed by atoms with Crippen LogP contribution in [0.2, 0.25) is 17.3 Å². The Morgan fingerprint density at radius 3 is 2.13 bits per heavy atom. The topological polar surface area (TPSA) is 25.8 Å². The van der Waals surface area contributed by atoms with Crippen LogP contribution < -0.4 is 4.40 Å². The van der Waals surface area contributed by atoms with Crippen LogP contribution in [0.25, 0.3) is 53.8 Å². The van der Waals surface area contributed by atoms with E-state index in [1.54, 1.807) is 0 Å². The van der Waals surface area contributed by atoms with Gasteiger partial charge in [-0.25, -0.2) is 0 Å². The van der Waals surface area contributed by atoms with Crippen molar-refractivity contribution in [1.29, 1.82) is 0 Å². The number of aromatic nitrogens is 2. The van der Waals surface area contributed by atoms with E-state index in [1.165, 1.54) is 41.3 Å². The SMILES string of the molecule is CC(C)C(C)c1ccnc(-c2[c-]cc3sc4cc(-c5ccccc5)ccc4c3c2)c1.[CH3][Ge]([CH3])([CH3])[c]1ccc(-c2[c-]cccc2)nc1.[Ir]. The predicted molar refractivity (Wildman–Crippen MR) is 202 cm³/mol. The van der Waals surface area contributed by atoms with Gasteiger partial charge < -0.3 is 4.98 Å². The van der Waals surface area contributed by atoms with Crippen LogP contribution in [0.15, 0.2) is 122 Å². The molecule has 7 aromatic rings. The molecule has 0 N–H and O–H groups in total. The van der Waals surface area contributed by atoms with E-state index in [-0.39, 0.29) is 20.1 Å². The second-order valence-corrected chi connectivity index (χ2v) is 25.0. The average molecular weight is 870 g/mol. The summed E-state index contributed by atoms with van der Waals surface area (Å²) in [5.41, 5.74) is 7.99. The summed E-state index contributed by atoms with van der Waals surface area (Å²) in [6.07, 6.45) is 3.97. The fourth-order valence-corrected chi connectivity index (χ4v) is 8.77. The summed E-state index contributed by atoms with van der Waals surface area (Å²) in [5, 5.41) is 2.59. The Hall–Kier alpha value is -3.41. The predicted octanol–water partition coefficient (Wildman–Crippen LogP) is 11.4. The molecule has 2 nitrogen and oxygen atoms in total. The number of fused-ring (bicyclic) bond motifs is 3. The largest absolute Gasteiger partial charge is 0 e. The number of pyridine rings is 2. The summed E-state index contributed by atoms with van der Waals surface area (Å²) in [4.78, 5) is 9.18. The third-order valence-corrected chi connectivity index (χ3v) is 14.1. The zero-order chi connectivity index (χ0) is 32.3. The van der Waals surface area contributed by atoms with Crippen molar-refractivity contribution in [1.82, 2.24) is 9.97 Å². The van der Waals surface area contributed by atoms with Crippen molar-refractivity contribution in [2.45, 2.75) is 44.0 Å². The number of benzene rings is 4. The Balaban J connectivity index is 0.000000217. The molecule has 7 rings (SSSR count). The first-order valence-corrected chi connectivity index (χ1v) is 24.2. The van der Waals surface area contributed by atoms with Crippen LogP contribution in [-0.2, 0) is 20.1 Å². The monoisotopic (exact) mass is 871 g/mol. The van der Waals surface area contributed by atoms with Gasteiger partial charge in [0.05, 0.1) is 0 Å². The van der Waals surface area contributed by atoms with Gasteiger partial charge in [-0.15, -0.1) is 23.8 Å². The van der Waals surface area contributed by atoms with Crippen molar-refractivity contribution in [3.63, 3.8) is 0 Å². The van der Waals surface area contributed by atoms with Gasteiger partial charge in [0.25, 0.3) is 0 Å². The standard InChI is InChI=1S/C28H24NS.C14H16GeN.Ir/c1-18(2)19(3)21-13-14-29-26(16-21)23-10-12-27-25(15-23)24-11-9-22(17-28(24)30-27)20-7-5-4-6-8-20;1-15(2,3)13-9-10-14(16-11-13)12-7-5-4-6-8-12;/h4-9,11-19H,1-3H3;4-7,9-11H,1-3H3;/q2*-1;. The van der Waals surface area contributed by atoms with Crippen molar-refractivity contribution in [3.8, 4) is 33.6 Å². The molecule has 239 valence electrons. The number of rotatable bonds is 6. The van der Waals surface area contributed by atoms with Crippen molar-refractivity contribution in [3.05, 3.63) is 139 Å². The molecule has 0 bridgehead atoms. The van der Waals surface area contributed by atoms with E-state index in [1.807, 2.05) is 48.0 Å². The Kier molecular flexibility index (Phi) is 11.3. The molecule has 4 aromatic carbocycles. The molecule has 47 heavy (non-hydrogen) atoms.